The smallest absolute Gasteiger partial charge is 0.0539 e. The third kappa shape index (κ3) is 1.64. The monoisotopic (exact) mass is 223 g/mol. The molecule has 0 aliphatic carbocycles. The summed E-state index contributed by atoms with van der Waals surface area (Å²) < 4.78 is 12.1. The van der Waals surface area contributed by atoms with Crippen molar-refractivity contribution in [1.82, 2.24) is 0 Å². The molecule has 0 saturated carbocycles. The summed E-state index contributed by atoms with van der Waals surface area (Å²) >= 11 is 0. The molecule has 0 amide bonds. The van der Waals surface area contributed by atoms with E-state index in [0.717, 1.165) is 16.0 Å². The predicted molar refractivity (Wildman–Crippen MR) is 63.3 cm³/mol. The summed E-state index contributed by atoms with van der Waals surface area (Å²) in [5.41, 5.74) is 9.58. The van der Waals surface area contributed by atoms with Gasteiger partial charge in [0.2, 0.25) is 0 Å². The van der Waals surface area contributed by atoms with Gasteiger partial charge >= 0.3 is 0 Å². The van der Waals surface area contributed by atoms with Crippen LogP contribution in [0.2, 0.25) is 0 Å². The van der Waals surface area contributed by atoms with Gasteiger partial charge in [0.15, 0.2) is 0 Å². The van der Waals surface area contributed by atoms with Gasteiger partial charge in [0.1, 0.15) is 0 Å². The molecule has 0 aromatic heterocycles. The molecule has 0 fully saturated rings. The molecule has 2 rings (SSSR count). The highest BCUT2D eigenvalue weighted by Crippen LogP contribution is 2.36. The molecular formula is C12H17NOS. The van der Waals surface area contributed by atoms with Crippen molar-refractivity contribution in [2.45, 2.75) is 31.7 Å². The van der Waals surface area contributed by atoms with Gasteiger partial charge < -0.3 is 5.73 Å². The second-order valence-corrected chi connectivity index (χ2v) is 5.89. The highest BCUT2D eigenvalue weighted by Gasteiger charge is 2.30. The first-order valence-corrected chi connectivity index (χ1v) is 6.58. The summed E-state index contributed by atoms with van der Waals surface area (Å²) in [7, 11) is -0.868. The van der Waals surface area contributed by atoms with Gasteiger partial charge in [-0.2, -0.15) is 0 Å². The zero-order valence-corrected chi connectivity index (χ0v) is 10.2. The van der Waals surface area contributed by atoms with E-state index in [2.05, 4.69) is 13.0 Å². The minimum absolute atomic E-state index is 0.0394. The van der Waals surface area contributed by atoms with Crippen LogP contribution < -0.4 is 5.73 Å². The van der Waals surface area contributed by atoms with Crippen molar-refractivity contribution in [3.8, 4) is 0 Å². The standard InChI is InChI=1S/C12H17NOS/c1-7-4-5-8(2)12-10(7)11(13)9(3)6-15(12)14/h4-5,9,11H,6,13H2,1-3H3. The van der Waals surface area contributed by atoms with E-state index >= 15 is 0 Å². The fourth-order valence-corrected chi connectivity index (χ4v) is 4.05. The van der Waals surface area contributed by atoms with Gasteiger partial charge in [0, 0.05) is 16.7 Å². The molecule has 1 aliphatic rings. The minimum Gasteiger partial charge on any atom is -0.324 e. The number of benzene rings is 1. The lowest BCUT2D eigenvalue weighted by molar-refractivity contribution is 0.493. The normalized spacial score (nSPS) is 30.0. The Morgan fingerprint density at radius 2 is 1.93 bits per heavy atom. The molecule has 0 spiro atoms. The summed E-state index contributed by atoms with van der Waals surface area (Å²) in [5.74, 6) is 0.997. The zero-order valence-electron chi connectivity index (χ0n) is 9.41. The molecule has 82 valence electrons. The molecule has 0 bridgehead atoms. The summed E-state index contributed by atoms with van der Waals surface area (Å²) in [6, 6.07) is 4.15. The highest BCUT2D eigenvalue weighted by molar-refractivity contribution is 7.85. The first-order chi connectivity index (χ1) is 7.02. The molecule has 1 aromatic rings. The molecule has 3 atom stereocenters. The van der Waals surface area contributed by atoms with E-state index < -0.39 is 10.8 Å². The molecular weight excluding hydrogens is 206 g/mol. The molecule has 15 heavy (non-hydrogen) atoms. The Kier molecular flexibility index (Phi) is 2.69. The number of hydrogen-bond acceptors (Lipinski definition) is 2. The summed E-state index contributed by atoms with van der Waals surface area (Å²) in [5, 5.41) is 0. The van der Waals surface area contributed by atoms with Gasteiger partial charge in [-0.1, -0.05) is 19.1 Å². The highest BCUT2D eigenvalue weighted by atomic mass is 32.2. The second kappa shape index (κ2) is 3.72. The van der Waals surface area contributed by atoms with E-state index in [9.17, 15) is 4.21 Å². The van der Waals surface area contributed by atoms with Gasteiger partial charge in [-0.3, -0.25) is 4.21 Å². The summed E-state index contributed by atoms with van der Waals surface area (Å²) in [6.45, 7) is 6.14. The maximum Gasteiger partial charge on any atom is 0.0539 e. The average molecular weight is 223 g/mol. The second-order valence-electron chi connectivity index (χ2n) is 4.46. The largest absolute Gasteiger partial charge is 0.324 e. The van der Waals surface area contributed by atoms with Crippen LogP contribution in [-0.4, -0.2) is 9.96 Å². The molecule has 2 N–H and O–H groups in total. The van der Waals surface area contributed by atoms with Crippen molar-refractivity contribution >= 4 is 10.8 Å². The van der Waals surface area contributed by atoms with Crippen LogP contribution in [0.25, 0.3) is 0 Å². The van der Waals surface area contributed by atoms with Gasteiger partial charge in [-0.25, -0.2) is 0 Å². The van der Waals surface area contributed by atoms with Gasteiger partial charge in [-0.15, -0.1) is 0 Å². The molecule has 0 radical (unpaired) electrons. The number of hydrogen-bond donors (Lipinski definition) is 1. The molecule has 2 nitrogen and oxygen atoms in total. The van der Waals surface area contributed by atoms with Gasteiger partial charge in [0.25, 0.3) is 0 Å². The van der Waals surface area contributed by atoms with Crippen LogP contribution in [0.4, 0.5) is 0 Å². The van der Waals surface area contributed by atoms with Crippen molar-refractivity contribution in [2.24, 2.45) is 11.7 Å². The van der Waals surface area contributed by atoms with Crippen LogP contribution in [0.1, 0.15) is 29.7 Å². The van der Waals surface area contributed by atoms with Crippen molar-refractivity contribution in [2.75, 3.05) is 5.75 Å². The lowest BCUT2D eigenvalue weighted by Crippen LogP contribution is -2.31. The Balaban J connectivity index is 2.70. The van der Waals surface area contributed by atoms with Gasteiger partial charge in [0.05, 0.1) is 10.8 Å². The topological polar surface area (TPSA) is 43.1 Å². The quantitative estimate of drug-likeness (QED) is 0.731. The van der Waals surface area contributed by atoms with Crippen molar-refractivity contribution < 1.29 is 4.21 Å². The lowest BCUT2D eigenvalue weighted by atomic mass is 9.91. The number of rotatable bonds is 0. The first kappa shape index (κ1) is 10.8. The van der Waals surface area contributed by atoms with E-state index in [1.807, 2.05) is 19.9 Å². The van der Waals surface area contributed by atoms with Crippen molar-refractivity contribution in [3.05, 3.63) is 28.8 Å². The Morgan fingerprint density at radius 1 is 1.33 bits per heavy atom. The average Bonchev–Trinajstić information content (AvgIpc) is 2.18. The van der Waals surface area contributed by atoms with E-state index in [4.69, 9.17) is 5.73 Å². The fourth-order valence-electron chi connectivity index (χ4n) is 2.23. The Hall–Kier alpha value is -0.670. The van der Waals surface area contributed by atoms with E-state index in [0.29, 0.717) is 11.7 Å². The van der Waals surface area contributed by atoms with Crippen LogP contribution in [0.3, 0.4) is 0 Å². The van der Waals surface area contributed by atoms with E-state index in [1.54, 1.807) is 0 Å². The Morgan fingerprint density at radius 3 is 2.60 bits per heavy atom. The Labute approximate surface area is 93.3 Å². The minimum atomic E-state index is -0.868. The summed E-state index contributed by atoms with van der Waals surface area (Å²) in [6.07, 6.45) is 0. The van der Waals surface area contributed by atoms with Crippen LogP contribution >= 0.6 is 0 Å². The molecule has 1 aromatic carbocycles. The number of aryl methyl sites for hydroxylation is 2. The van der Waals surface area contributed by atoms with Crippen molar-refractivity contribution in [1.29, 1.82) is 0 Å². The van der Waals surface area contributed by atoms with Crippen LogP contribution in [0.5, 0.6) is 0 Å². The molecule has 1 heterocycles. The van der Waals surface area contributed by atoms with E-state index in [-0.39, 0.29) is 6.04 Å². The number of nitrogens with two attached hydrogens (primary N) is 1. The van der Waals surface area contributed by atoms with Crippen LogP contribution in [0.15, 0.2) is 17.0 Å². The van der Waals surface area contributed by atoms with Crippen LogP contribution in [-0.2, 0) is 10.8 Å². The molecule has 3 heteroatoms. The van der Waals surface area contributed by atoms with Gasteiger partial charge in [-0.05, 0) is 36.5 Å². The molecule has 3 unspecified atom stereocenters. The number of fused-ring (bicyclic) bond motifs is 1. The predicted octanol–water partition coefficient (Wildman–Crippen LogP) is 2.06. The third-order valence-electron chi connectivity index (χ3n) is 3.20. The fraction of sp³-hybridized carbons (Fsp3) is 0.500. The zero-order chi connectivity index (χ0) is 11.2. The summed E-state index contributed by atoms with van der Waals surface area (Å²) in [4.78, 5) is 0.987. The maximum absolute atomic E-state index is 12.1. The SMILES string of the molecule is Cc1ccc(C)c2c1C(N)C(C)CS2=O. The van der Waals surface area contributed by atoms with E-state index in [1.165, 1.54) is 5.56 Å². The maximum atomic E-state index is 12.1. The van der Waals surface area contributed by atoms with Crippen LogP contribution in [0, 0.1) is 19.8 Å². The Bertz CT molecular complexity index is 428. The molecule has 1 aliphatic heterocycles. The third-order valence-corrected chi connectivity index (χ3v) is 5.03. The molecule has 0 saturated heterocycles. The lowest BCUT2D eigenvalue weighted by Gasteiger charge is -2.30. The van der Waals surface area contributed by atoms with Crippen molar-refractivity contribution in [3.63, 3.8) is 0 Å². The first-order valence-electron chi connectivity index (χ1n) is 5.26.